The van der Waals surface area contributed by atoms with Gasteiger partial charge in [0.05, 0.1) is 6.54 Å². The first kappa shape index (κ1) is 17.5. The Bertz CT molecular complexity index is 487. The van der Waals surface area contributed by atoms with Crippen LogP contribution in [0.5, 0.6) is 5.75 Å². The summed E-state index contributed by atoms with van der Waals surface area (Å²) in [6.07, 6.45) is 3.49. The number of hydrogen-bond donors (Lipinski definition) is 3. The molecule has 2 rings (SSSR count). The van der Waals surface area contributed by atoms with Crippen LogP contribution >= 0.6 is 0 Å². The molecule has 2 amide bonds. The lowest BCUT2D eigenvalue weighted by molar-refractivity contribution is 0.173. The number of carbonyl (C=O) groups is 1. The van der Waals surface area contributed by atoms with Crippen LogP contribution in [0.25, 0.3) is 0 Å². The maximum absolute atomic E-state index is 12.8. The Morgan fingerprint density at radius 1 is 1.30 bits per heavy atom. The highest BCUT2D eigenvalue weighted by atomic mass is 19.1. The van der Waals surface area contributed by atoms with Gasteiger partial charge in [-0.15, -0.1) is 0 Å². The van der Waals surface area contributed by atoms with E-state index in [4.69, 9.17) is 9.84 Å². The third-order valence-corrected chi connectivity index (χ3v) is 4.14. The highest BCUT2D eigenvalue weighted by molar-refractivity contribution is 5.74. The van der Waals surface area contributed by atoms with Gasteiger partial charge in [0.15, 0.2) is 0 Å². The number of carbonyl (C=O) groups excluding carboxylic acids is 1. The number of aliphatic hydroxyl groups excluding tert-OH is 1. The molecule has 1 aliphatic carbocycles. The molecule has 0 saturated heterocycles. The van der Waals surface area contributed by atoms with Crippen molar-refractivity contribution in [1.82, 2.24) is 10.6 Å². The van der Waals surface area contributed by atoms with Crippen LogP contribution in [0.15, 0.2) is 24.3 Å². The van der Waals surface area contributed by atoms with Crippen molar-refractivity contribution in [3.8, 4) is 5.75 Å². The lowest BCUT2D eigenvalue weighted by Gasteiger charge is -2.28. The minimum Gasteiger partial charge on any atom is -0.489 e. The predicted molar refractivity (Wildman–Crippen MR) is 85.9 cm³/mol. The first-order valence-electron chi connectivity index (χ1n) is 8.14. The molecule has 1 aromatic rings. The fourth-order valence-electron chi connectivity index (χ4n) is 2.75. The van der Waals surface area contributed by atoms with Gasteiger partial charge in [0.2, 0.25) is 0 Å². The average Bonchev–Trinajstić information content (AvgIpc) is 2.56. The fourth-order valence-corrected chi connectivity index (χ4v) is 2.75. The van der Waals surface area contributed by atoms with Crippen molar-refractivity contribution in [2.75, 3.05) is 13.2 Å². The number of halogens is 1. The first-order valence-corrected chi connectivity index (χ1v) is 8.14. The Morgan fingerprint density at radius 2 is 1.96 bits per heavy atom. The standard InChI is InChI=1S/C17H25FN2O3/c1-12(23-16-8-4-14(18)5-9-16)10-19-17(22)20-15-6-2-13(11-21)3-7-15/h4-5,8-9,12-13,15,21H,2-3,6-7,10-11H2,1H3,(H2,19,20,22). The van der Waals surface area contributed by atoms with E-state index >= 15 is 0 Å². The van der Waals surface area contributed by atoms with Crippen molar-refractivity contribution in [2.24, 2.45) is 5.92 Å². The van der Waals surface area contributed by atoms with Gasteiger partial charge in [-0.25, -0.2) is 9.18 Å². The van der Waals surface area contributed by atoms with Crippen LogP contribution in [0.3, 0.4) is 0 Å². The van der Waals surface area contributed by atoms with Gasteiger partial charge < -0.3 is 20.5 Å². The fraction of sp³-hybridized carbons (Fsp3) is 0.588. The largest absolute Gasteiger partial charge is 0.489 e. The van der Waals surface area contributed by atoms with Gasteiger partial charge in [-0.1, -0.05) is 0 Å². The monoisotopic (exact) mass is 324 g/mol. The van der Waals surface area contributed by atoms with Crippen molar-refractivity contribution in [3.05, 3.63) is 30.1 Å². The van der Waals surface area contributed by atoms with Gasteiger partial charge in [0.25, 0.3) is 0 Å². The zero-order valence-corrected chi connectivity index (χ0v) is 13.4. The molecule has 23 heavy (non-hydrogen) atoms. The van der Waals surface area contributed by atoms with Gasteiger partial charge in [-0.2, -0.15) is 0 Å². The Morgan fingerprint density at radius 3 is 2.57 bits per heavy atom. The molecule has 1 atom stereocenters. The summed E-state index contributed by atoms with van der Waals surface area (Å²) in [7, 11) is 0. The molecule has 1 fully saturated rings. The number of aliphatic hydroxyl groups is 1. The van der Waals surface area contributed by atoms with Crippen molar-refractivity contribution in [3.63, 3.8) is 0 Å². The molecule has 0 spiro atoms. The van der Waals surface area contributed by atoms with E-state index in [2.05, 4.69) is 10.6 Å². The molecule has 1 aliphatic rings. The Labute approximate surface area is 136 Å². The summed E-state index contributed by atoms with van der Waals surface area (Å²) in [5, 5.41) is 14.8. The summed E-state index contributed by atoms with van der Waals surface area (Å²) in [5.41, 5.74) is 0. The van der Waals surface area contributed by atoms with Gasteiger partial charge >= 0.3 is 6.03 Å². The third kappa shape index (κ3) is 6.06. The normalized spacial score (nSPS) is 22.2. The number of benzene rings is 1. The second kappa shape index (κ2) is 8.72. The predicted octanol–water partition coefficient (Wildman–Crippen LogP) is 2.44. The molecule has 128 valence electrons. The van der Waals surface area contributed by atoms with Gasteiger partial charge in [0, 0.05) is 12.6 Å². The highest BCUT2D eigenvalue weighted by Gasteiger charge is 2.21. The lowest BCUT2D eigenvalue weighted by Crippen LogP contribution is -2.46. The van der Waals surface area contributed by atoms with Crippen LogP contribution < -0.4 is 15.4 Å². The summed E-state index contributed by atoms with van der Waals surface area (Å²) < 4.78 is 18.4. The molecule has 0 aromatic heterocycles. The van der Waals surface area contributed by atoms with E-state index in [1.807, 2.05) is 6.92 Å². The van der Waals surface area contributed by atoms with E-state index in [-0.39, 0.29) is 30.6 Å². The number of amides is 2. The minimum absolute atomic E-state index is 0.172. The van der Waals surface area contributed by atoms with Crippen molar-refractivity contribution < 1.29 is 19.0 Å². The average molecular weight is 324 g/mol. The number of hydrogen-bond acceptors (Lipinski definition) is 3. The number of rotatable bonds is 6. The molecule has 1 saturated carbocycles. The van der Waals surface area contributed by atoms with Crippen LogP contribution in [0, 0.1) is 11.7 Å². The topological polar surface area (TPSA) is 70.6 Å². The van der Waals surface area contributed by atoms with Gasteiger partial charge in [0.1, 0.15) is 17.7 Å². The van der Waals surface area contributed by atoms with Gasteiger partial charge in [-0.05, 0) is 62.8 Å². The minimum atomic E-state index is -0.307. The second-order valence-electron chi connectivity index (χ2n) is 6.14. The van der Waals surface area contributed by atoms with Crippen LogP contribution in [0.4, 0.5) is 9.18 Å². The number of ether oxygens (including phenoxy) is 1. The zero-order chi connectivity index (χ0) is 16.7. The smallest absolute Gasteiger partial charge is 0.315 e. The van der Waals surface area contributed by atoms with Crippen LogP contribution in [-0.4, -0.2) is 36.4 Å². The van der Waals surface area contributed by atoms with Crippen molar-refractivity contribution in [1.29, 1.82) is 0 Å². The highest BCUT2D eigenvalue weighted by Crippen LogP contribution is 2.23. The molecule has 5 nitrogen and oxygen atoms in total. The molecule has 3 N–H and O–H groups in total. The van der Waals surface area contributed by atoms with Gasteiger partial charge in [-0.3, -0.25) is 0 Å². The molecule has 0 bridgehead atoms. The van der Waals surface area contributed by atoms with E-state index in [0.29, 0.717) is 18.2 Å². The summed E-state index contributed by atoms with van der Waals surface area (Å²) in [6, 6.07) is 5.77. The molecular formula is C17H25FN2O3. The van der Waals surface area contributed by atoms with E-state index in [1.54, 1.807) is 12.1 Å². The summed E-state index contributed by atoms with van der Waals surface area (Å²) in [6.45, 7) is 2.45. The van der Waals surface area contributed by atoms with E-state index in [0.717, 1.165) is 25.7 Å². The molecule has 0 radical (unpaired) electrons. The molecular weight excluding hydrogens is 299 g/mol. The zero-order valence-electron chi connectivity index (χ0n) is 13.4. The molecule has 0 heterocycles. The third-order valence-electron chi connectivity index (χ3n) is 4.14. The van der Waals surface area contributed by atoms with Crippen LogP contribution in [-0.2, 0) is 0 Å². The maximum atomic E-state index is 12.8. The second-order valence-corrected chi connectivity index (χ2v) is 6.14. The summed E-state index contributed by atoms with van der Waals surface area (Å²) >= 11 is 0. The van der Waals surface area contributed by atoms with Crippen LogP contribution in [0.2, 0.25) is 0 Å². The molecule has 6 heteroatoms. The Hall–Kier alpha value is -1.82. The maximum Gasteiger partial charge on any atom is 0.315 e. The molecule has 1 aromatic carbocycles. The number of nitrogens with one attached hydrogen (secondary N) is 2. The molecule has 1 unspecified atom stereocenters. The lowest BCUT2D eigenvalue weighted by atomic mass is 9.87. The van der Waals surface area contributed by atoms with E-state index in [9.17, 15) is 9.18 Å². The first-order chi connectivity index (χ1) is 11.1. The Kier molecular flexibility index (Phi) is 6.65. The summed E-state index contributed by atoms with van der Waals surface area (Å²) in [4.78, 5) is 11.9. The van der Waals surface area contributed by atoms with E-state index < -0.39 is 0 Å². The quantitative estimate of drug-likeness (QED) is 0.753. The van der Waals surface area contributed by atoms with E-state index in [1.165, 1.54) is 12.1 Å². The van der Waals surface area contributed by atoms with Crippen molar-refractivity contribution >= 4 is 6.03 Å². The Balaban J connectivity index is 1.64. The SMILES string of the molecule is CC(CNC(=O)NC1CCC(CO)CC1)Oc1ccc(F)cc1. The van der Waals surface area contributed by atoms with Crippen molar-refractivity contribution in [2.45, 2.75) is 44.8 Å². The molecule has 0 aliphatic heterocycles. The number of urea groups is 1. The van der Waals surface area contributed by atoms with Crippen LogP contribution in [0.1, 0.15) is 32.6 Å². The summed E-state index contributed by atoms with van der Waals surface area (Å²) in [5.74, 6) is 0.641.